The summed E-state index contributed by atoms with van der Waals surface area (Å²) in [6, 6.07) is 7.78. The van der Waals surface area contributed by atoms with E-state index in [0.29, 0.717) is 24.1 Å². The predicted octanol–water partition coefficient (Wildman–Crippen LogP) is 5.55. The van der Waals surface area contributed by atoms with Crippen molar-refractivity contribution in [3.63, 3.8) is 0 Å². The van der Waals surface area contributed by atoms with Gasteiger partial charge in [0.1, 0.15) is 24.5 Å². The molecule has 0 bridgehead atoms. The third-order valence-corrected chi connectivity index (χ3v) is 7.05. The Morgan fingerprint density at radius 3 is 2.83 bits per heavy atom. The summed E-state index contributed by atoms with van der Waals surface area (Å²) < 4.78 is 22.1. The van der Waals surface area contributed by atoms with E-state index < -0.39 is 0 Å². The van der Waals surface area contributed by atoms with Crippen molar-refractivity contribution in [2.75, 3.05) is 13.7 Å². The molecule has 0 spiro atoms. The zero-order valence-electron chi connectivity index (χ0n) is 20.5. The number of fused-ring (bicyclic) bond motifs is 1. The van der Waals surface area contributed by atoms with Crippen LogP contribution in [0.2, 0.25) is 0 Å². The average Bonchev–Trinajstić information content (AvgIpc) is 2.95. The van der Waals surface area contributed by atoms with E-state index in [2.05, 4.69) is 28.5 Å². The lowest BCUT2D eigenvalue weighted by atomic mass is 9.85. The molecule has 1 atom stereocenters. The number of carbonyl (C=O) groups is 1. The molecule has 5 rings (SSSR count). The Hall–Kier alpha value is -3.58. The highest BCUT2D eigenvalue weighted by Gasteiger charge is 2.29. The molecular formula is C29H32N2O5. The first-order valence-corrected chi connectivity index (χ1v) is 12.6. The molecule has 2 aromatic rings. The number of ether oxygens (including phenoxy) is 4. The lowest BCUT2D eigenvalue weighted by Gasteiger charge is -2.34. The van der Waals surface area contributed by atoms with Crippen LogP contribution in [0.3, 0.4) is 0 Å². The third kappa shape index (κ3) is 5.79. The van der Waals surface area contributed by atoms with Crippen LogP contribution in [-0.4, -0.2) is 36.8 Å². The Morgan fingerprint density at radius 2 is 2.08 bits per heavy atom. The van der Waals surface area contributed by atoms with Crippen LogP contribution >= 0.6 is 0 Å². The minimum Gasteiger partial charge on any atom is -0.497 e. The van der Waals surface area contributed by atoms with Crippen LogP contribution < -0.4 is 10.1 Å². The van der Waals surface area contributed by atoms with E-state index in [-0.39, 0.29) is 12.0 Å². The molecule has 7 nitrogen and oxygen atoms in total. The van der Waals surface area contributed by atoms with E-state index in [4.69, 9.17) is 18.9 Å². The molecule has 36 heavy (non-hydrogen) atoms. The van der Waals surface area contributed by atoms with Crippen molar-refractivity contribution >= 4 is 16.9 Å². The molecule has 1 aliphatic heterocycles. The molecule has 1 N–H and O–H groups in total. The minimum absolute atomic E-state index is 0.00157. The summed E-state index contributed by atoms with van der Waals surface area (Å²) in [5.74, 6) is 1.54. The standard InChI is InChI=1S/C29H32N2O5/c1-33-25-11-12-26-22(16-25)15-23(17-30-26)29(32)36-18-20-7-9-24(10-8-20)31-28(21-5-3-2-4-6-21)27-19-34-13-14-35-27/h2-3,5,11-17,19-20,24,28,31H,4,6-10,18H2,1H3. The first-order chi connectivity index (χ1) is 17.7. The second kappa shape index (κ2) is 11.4. The van der Waals surface area contributed by atoms with E-state index in [1.165, 1.54) is 11.8 Å². The summed E-state index contributed by atoms with van der Waals surface area (Å²) in [7, 11) is 1.62. The number of hydrogen-bond donors (Lipinski definition) is 1. The van der Waals surface area contributed by atoms with Crippen LogP contribution in [0, 0.1) is 5.92 Å². The first-order valence-electron chi connectivity index (χ1n) is 12.6. The van der Waals surface area contributed by atoms with E-state index >= 15 is 0 Å². The van der Waals surface area contributed by atoms with Gasteiger partial charge in [0, 0.05) is 17.6 Å². The highest BCUT2D eigenvalue weighted by Crippen LogP contribution is 2.29. The predicted molar refractivity (Wildman–Crippen MR) is 137 cm³/mol. The molecule has 0 amide bonds. The molecule has 2 heterocycles. The quantitative estimate of drug-likeness (QED) is 0.488. The van der Waals surface area contributed by atoms with Crippen molar-refractivity contribution < 1.29 is 23.7 Å². The van der Waals surface area contributed by atoms with Gasteiger partial charge in [-0.05, 0) is 74.3 Å². The third-order valence-electron chi connectivity index (χ3n) is 7.05. The molecule has 188 valence electrons. The summed E-state index contributed by atoms with van der Waals surface area (Å²) in [4.78, 5) is 17.1. The number of nitrogens with zero attached hydrogens (tertiary/aromatic N) is 1. The van der Waals surface area contributed by atoms with Crippen LogP contribution in [0.4, 0.5) is 0 Å². The number of methoxy groups -OCH3 is 1. The number of carbonyl (C=O) groups excluding carboxylic acids is 1. The van der Waals surface area contributed by atoms with Gasteiger partial charge in [0.05, 0.1) is 30.8 Å². The van der Waals surface area contributed by atoms with Crippen molar-refractivity contribution in [2.45, 2.75) is 50.6 Å². The number of hydrogen-bond acceptors (Lipinski definition) is 7. The van der Waals surface area contributed by atoms with Gasteiger partial charge in [-0.3, -0.25) is 4.98 Å². The lowest BCUT2D eigenvalue weighted by Crippen LogP contribution is -2.43. The van der Waals surface area contributed by atoms with E-state index in [0.717, 1.165) is 60.9 Å². The van der Waals surface area contributed by atoms with Crippen LogP contribution in [0.1, 0.15) is 48.9 Å². The van der Waals surface area contributed by atoms with Crippen LogP contribution in [-0.2, 0) is 14.2 Å². The van der Waals surface area contributed by atoms with Crippen molar-refractivity contribution in [3.05, 3.63) is 84.4 Å². The summed E-state index contributed by atoms with van der Waals surface area (Å²) in [5.41, 5.74) is 2.58. The number of benzene rings is 1. The van der Waals surface area contributed by atoms with Gasteiger partial charge < -0.3 is 24.3 Å². The first kappa shape index (κ1) is 24.1. The SMILES string of the molecule is COc1ccc2ncc(C(=O)OCC3CCC(NC(C4=CC=CCC4)C4=COC=CO4)CC3)cc2c1. The summed E-state index contributed by atoms with van der Waals surface area (Å²) in [6.07, 6.45) is 18.9. The Morgan fingerprint density at radius 1 is 1.19 bits per heavy atom. The average molecular weight is 489 g/mol. The maximum Gasteiger partial charge on any atom is 0.339 e. The van der Waals surface area contributed by atoms with Crippen LogP contribution in [0.5, 0.6) is 5.75 Å². The molecule has 1 fully saturated rings. The molecule has 1 aromatic heterocycles. The molecular weight excluding hydrogens is 456 g/mol. The second-order valence-corrected chi connectivity index (χ2v) is 9.45. The Labute approximate surface area is 211 Å². The number of pyridine rings is 1. The van der Waals surface area contributed by atoms with Crippen LogP contribution in [0.25, 0.3) is 10.9 Å². The molecule has 0 radical (unpaired) electrons. The zero-order chi connectivity index (χ0) is 24.7. The van der Waals surface area contributed by atoms with Gasteiger partial charge in [-0.15, -0.1) is 0 Å². The Kier molecular flexibility index (Phi) is 7.67. The molecule has 2 aliphatic carbocycles. The van der Waals surface area contributed by atoms with Gasteiger partial charge in [-0.25, -0.2) is 4.79 Å². The lowest BCUT2D eigenvalue weighted by molar-refractivity contribution is 0.0400. The highest BCUT2D eigenvalue weighted by molar-refractivity contribution is 5.93. The number of allylic oxidation sites excluding steroid dienone is 3. The van der Waals surface area contributed by atoms with Gasteiger partial charge in [-0.1, -0.05) is 18.2 Å². The fourth-order valence-electron chi connectivity index (χ4n) is 5.00. The van der Waals surface area contributed by atoms with Gasteiger partial charge in [-0.2, -0.15) is 0 Å². The number of rotatable bonds is 8. The van der Waals surface area contributed by atoms with Crippen LogP contribution in [0.15, 0.2) is 78.8 Å². The molecule has 3 aliphatic rings. The number of aromatic nitrogens is 1. The topological polar surface area (TPSA) is 78.9 Å². The second-order valence-electron chi connectivity index (χ2n) is 9.45. The molecule has 7 heteroatoms. The fraction of sp³-hybridized carbons (Fsp3) is 0.379. The van der Waals surface area contributed by atoms with E-state index in [1.807, 2.05) is 24.3 Å². The normalized spacial score (nSPS) is 22.1. The van der Waals surface area contributed by atoms with Crippen molar-refractivity contribution in [2.24, 2.45) is 5.92 Å². The maximum absolute atomic E-state index is 12.7. The number of nitrogens with one attached hydrogen (secondary N) is 1. The molecule has 1 saturated carbocycles. The summed E-state index contributed by atoms with van der Waals surface area (Å²) in [5, 5.41) is 4.65. The van der Waals surface area contributed by atoms with Gasteiger partial charge in [0.2, 0.25) is 0 Å². The summed E-state index contributed by atoms with van der Waals surface area (Å²) in [6.45, 7) is 0.425. The summed E-state index contributed by atoms with van der Waals surface area (Å²) >= 11 is 0. The highest BCUT2D eigenvalue weighted by atomic mass is 16.5. The fourth-order valence-corrected chi connectivity index (χ4v) is 5.00. The maximum atomic E-state index is 12.7. The van der Waals surface area contributed by atoms with Crippen molar-refractivity contribution in [1.29, 1.82) is 0 Å². The Bertz CT molecular complexity index is 1210. The largest absolute Gasteiger partial charge is 0.497 e. The van der Waals surface area contributed by atoms with Gasteiger partial charge in [0.25, 0.3) is 0 Å². The Balaban J connectivity index is 1.13. The van der Waals surface area contributed by atoms with Crippen molar-refractivity contribution in [3.8, 4) is 5.75 Å². The smallest absolute Gasteiger partial charge is 0.339 e. The minimum atomic E-state index is -0.334. The van der Waals surface area contributed by atoms with Crippen molar-refractivity contribution in [1.82, 2.24) is 10.3 Å². The van der Waals surface area contributed by atoms with Gasteiger partial charge >= 0.3 is 5.97 Å². The molecule has 1 unspecified atom stereocenters. The van der Waals surface area contributed by atoms with E-state index in [1.54, 1.807) is 25.8 Å². The zero-order valence-corrected chi connectivity index (χ0v) is 20.5. The van der Waals surface area contributed by atoms with E-state index in [9.17, 15) is 4.79 Å². The monoisotopic (exact) mass is 488 g/mol. The molecule has 0 saturated heterocycles. The number of esters is 1. The molecule has 1 aromatic carbocycles. The van der Waals surface area contributed by atoms with Gasteiger partial charge in [0.15, 0.2) is 5.76 Å².